The van der Waals surface area contributed by atoms with E-state index in [-0.39, 0.29) is 36.0 Å². The van der Waals surface area contributed by atoms with Crippen LogP contribution in [0.4, 0.5) is 5.69 Å². The van der Waals surface area contributed by atoms with E-state index >= 15 is 0 Å². The van der Waals surface area contributed by atoms with Crippen LogP contribution >= 0.6 is 0 Å². The number of carbonyl (C=O) groups is 1. The van der Waals surface area contributed by atoms with E-state index in [1.54, 1.807) is 30.3 Å². The van der Waals surface area contributed by atoms with Crippen molar-refractivity contribution >= 4 is 21.6 Å². The minimum atomic E-state index is -4.02. The molecule has 0 spiro atoms. The summed E-state index contributed by atoms with van der Waals surface area (Å²) in [6, 6.07) is 40.6. The summed E-state index contributed by atoms with van der Waals surface area (Å²) in [5, 5.41) is 12.8. The molecule has 5 aromatic carbocycles. The number of hydrogen-bond acceptors (Lipinski definition) is 7. The van der Waals surface area contributed by atoms with Crippen LogP contribution < -0.4 is 10.0 Å². The van der Waals surface area contributed by atoms with Gasteiger partial charge in [0.05, 0.1) is 23.7 Å². The van der Waals surface area contributed by atoms with Gasteiger partial charge in [0, 0.05) is 23.7 Å². The summed E-state index contributed by atoms with van der Waals surface area (Å²) in [6.45, 7) is 4.62. The van der Waals surface area contributed by atoms with Crippen molar-refractivity contribution in [3.63, 3.8) is 0 Å². The zero-order valence-electron chi connectivity index (χ0n) is 32.5. The summed E-state index contributed by atoms with van der Waals surface area (Å²) >= 11 is 0. The molecule has 7 rings (SSSR count). The van der Waals surface area contributed by atoms with Gasteiger partial charge in [-0.1, -0.05) is 134 Å². The van der Waals surface area contributed by atoms with Gasteiger partial charge >= 0.3 is 0 Å². The molecule has 2 aliphatic heterocycles. The molecule has 2 fully saturated rings. The number of rotatable bonds is 13. The Balaban J connectivity index is 1.18. The number of ether oxygens (including phenoxy) is 2. The number of nitrogens with one attached hydrogen (secondary N) is 2. The third-order valence-corrected chi connectivity index (χ3v) is 12.5. The first-order valence-corrected chi connectivity index (χ1v) is 21.6. The quantitative estimate of drug-likeness (QED) is 0.110. The molecular formula is C47H53N3O6S. The number of nitrogens with zero attached hydrogens (tertiary/aromatic N) is 1. The molecule has 10 heteroatoms. The van der Waals surface area contributed by atoms with E-state index in [1.807, 2.05) is 85.8 Å². The predicted octanol–water partition coefficient (Wildman–Crippen LogP) is 8.22. The molecule has 0 aromatic heterocycles. The largest absolute Gasteiger partial charge is 0.392 e. The van der Waals surface area contributed by atoms with E-state index in [2.05, 4.69) is 39.2 Å². The molecule has 5 unspecified atom stereocenters. The van der Waals surface area contributed by atoms with Crippen LogP contribution in [0, 0.1) is 6.92 Å². The van der Waals surface area contributed by atoms with Crippen molar-refractivity contribution in [2.24, 2.45) is 0 Å². The fourth-order valence-corrected chi connectivity index (χ4v) is 9.11. The third-order valence-electron chi connectivity index (χ3n) is 11.0. The zero-order valence-corrected chi connectivity index (χ0v) is 33.3. The van der Waals surface area contributed by atoms with Crippen LogP contribution in [0.2, 0.25) is 0 Å². The Morgan fingerprint density at radius 3 is 2.07 bits per heavy atom. The van der Waals surface area contributed by atoms with Crippen molar-refractivity contribution < 1.29 is 27.8 Å². The molecule has 5 aromatic rings. The Morgan fingerprint density at radius 2 is 1.39 bits per heavy atom. The minimum Gasteiger partial charge on any atom is -0.392 e. The smallest absolute Gasteiger partial charge is 0.242 e. The molecule has 2 heterocycles. The highest BCUT2D eigenvalue weighted by Crippen LogP contribution is 2.47. The number of aliphatic hydroxyl groups excluding tert-OH is 1. The molecule has 9 nitrogen and oxygen atoms in total. The molecule has 2 aliphatic rings. The normalized spacial score (nSPS) is 21.2. The lowest BCUT2D eigenvalue weighted by Gasteiger charge is -2.44. The summed E-state index contributed by atoms with van der Waals surface area (Å²) in [6.07, 6.45) is 4.85. The average molecular weight is 788 g/mol. The van der Waals surface area contributed by atoms with Gasteiger partial charge in [-0.2, -0.15) is 4.72 Å². The van der Waals surface area contributed by atoms with Gasteiger partial charge in [0.2, 0.25) is 15.9 Å². The molecule has 57 heavy (non-hydrogen) atoms. The Kier molecular flexibility index (Phi) is 13.6. The van der Waals surface area contributed by atoms with Gasteiger partial charge in [-0.15, -0.1) is 0 Å². The molecule has 1 amide bonds. The summed E-state index contributed by atoms with van der Waals surface area (Å²) in [5.74, 6) is -0.603. The average Bonchev–Trinajstić information content (AvgIpc) is 3.22. The van der Waals surface area contributed by atoms with Crippen molar-refractivity contribution in [1.82, 2.24) is 9.62 Å². The fraction of sp³-hybridized carbons (Fsp3) is 0.340. The minimum absolute atomic E-state index is 0.0463. The second-order valence-electron chi connectivity index (χ2n) is 15.3. The number of amides is 1. The van der Waals surface area contributed by atoms with E-state index < -0.39 is 28.3 Å². The second-order valence-corrected chi connectivity index (χ2v) is 17.0. The summed E-state index contributed by atoms with van der Waals surface area (Å²) in [4.78, 5) is 16.7. The molecule has 298 valence electrons. The van der Waals surface area contributed by atoms with E-state index in [1.165, 1.54) is 19.3 Å². The molecule has 0 saturated carbocycles. The van der Waals surface area contributed by atoms with Gasteiger partial charge in [-0.05, 0) is 85.8 Å². The first-order valence-electron chi connectivity index (χ1n) is 20.1. The lowest BCUT2D eigenvalue weighted by molar-refractivity contribution is -0.263. The predicted molar refractivity (Wildman–Crippen MR) is 223 cm³/mol. The molecule has 3 N–H and O–H groups in total. The van der Waals surface area contributed by atoms with Crippen LogP contribution in [0.25, 0.3) is 0 Å². The highest BCUT2D eigenvalue weighted by molar-refractivity contribution is 7.89. The number of anilines is 1. The first kappa shape index (κ1) is 40.5. The standard InChI is InChI=1S/C47H53N3O6S/c1-34-20-26-41(27-21-34)57(53,54)49-42(30-35-14-7-5-8-15-35)46(52)48-40-19-13-18-39(31-40)47-55-43(32-50-28-11-3-2-4-12-29-50)44(37-16-9-6-10-17-37)45(56-47)38-24-22-36(33-51)23-25-38/h5-10,13-27,31,42-45,47,49,51H,2-4,11-12,28-30,32-33H2,1H3,(H,48,52). The Hall–Kier alpha value is -4.68. The number of likely N-dealkylation sites (tertiary alicyclic amines) is 1. The number of benzene rings is 5. The van der Waals surface area contributed by atoms with Crippen molar-refractivity contribution in [2.45, 2.75) is 87.4 Å². The molecule has 2 saturated heterocycles. The van der Waals surface area contributed by atoms with E-state index in [0.717, 1.165) is 65.9 Å². The lowest BCUT2D eigenvalue weighted by Crippen LogP contribution is -2.45. The van der Waals surface area contributed by atoms with Gasteiger partial charge in [0.1, 0.15) is 6.04 Å². The van der Waals surface area contributed by atoms with Crippen LogP contribution in [-0.2, 0) is 37.3 Å². The van der Waals surface area contributed by atoms with Crippen molar-refractivity contribution in [3.8, 4) is 0 Å². The second kappa shape index (κ2) is 19.2. The summed E-state index contributed by atoms with van der Waals surface area (Å²) < 4.78 is 43.7. The zero-order chi connectivity index (χ0) is 39.6. The maximum atomic E-state index is 14.1. The maximum absolute atomic E-state index is 14.1. The molecular weight excluding hydrogens is 735 g/mol. The van der Waals surface area contributed by atoms with Crippen molar-refractivity contribution in [3.05, 3.63) is 167 Å². The van der Waals surface area contributed by atoms with Crippen molar-refractivity contribution in [1.29, 1.82) is 0 Å². The Bertz CT molecular complexity index is 2140. The highest BCUT2D eigenvalue weighted by Gasteiger charge is 2.42. The molecule has 0 aliphatic carbocycles. The Morgan fingerprint density at radius 1 is 0.737 bits per heavy atom. The molecule has 0 bridgehead atoms. The van der Waals surface area contributed by atoms with E-state index in [0.29, 0.717) is 5.69 Å². The number of carbonyl (C=O) groups excluding carboxylic acids is 1. The van der Waals surface area contributed by atoms with Crippen LogP contribution in [0.1, 0.15) is 83.8 Å². The molecule has 5 atom stereocenters. The number of sulfonamides is 1. The van der Waals surface area contributed by atoms with Gasteiger partial charge < -0.3 is 24.8 Å². The van der Waals surface area contributed by atoms with Crippen LogP contribution in [0.5, 0.6) is 0 Å². The lowest BCUT2D eigenvalue weighted by atomic mass is 9.83. The van der Waals surface area contributed by atoms with Crippen molar-refractivity contribution in [2.75, 3.05) is 25.0 Å². The van der Waals surface area contributed by atoms with E-state index in [9.17, 15) is 18.3 Å². The van der Waals surface area contributed by atoms with Crippen LogP contribution in [0.15, 0.2) is 138 Å². The van der Waals surface area contributed by atoms with Gasteiger partial charge in [-0.25, -0.2) is 8.42 Å². The van der Waals surface area contributed by atoms with Crippen LogP contribution in [0.3, 0.4) is 0 Å². The van der Waals surface area contributed by atoms with Gasteiger partial charge in [0.15, 0.2) is 6.29 Å². The number of hydrogen-bond donors (Lipinski definition) is 3. The highest BCUT2D eigenvalue weighted by atomic mass is 32.2. The Labute approximate surface area is 337 Å². The topological polar surface area (TPSA) is 117 Å². The number of aliphatic hydroxyl groups is 1. The summed E-state index contributed by atoms with van der Waals surface area (Å²) in [7, 11) is -4.02. The maximum Gasteiger partial charge on any atom is 0.242 e. The SMILES string of the molecule is Cc1ccc(S(=O)(=O)NC(Cc2ccccc2)C(=O)Nc2cccc(C3OC(CN4CCCCCCC4)C(c4ccccc4)C(c4ccc(CO)cc4)O3)c2)cc1. The van der Waals surface area contributed by atoms with Gasteiger partial charge in [0.25, 0.3) is 0 Å². The first-order chi connectivity index (χ1) is 27.8. The van der Waals surface area contributed by atoms with Crippen LogP contribution in [-0.4, -0.2) is 56.1 Å². The van der Waals surface area contributed by atoms with E-state index in [4.69, 9.17) is 9.47 Å². The van der Waals surface area contributed by atoms with Gasteiger partial charge in [-0.3, -0.25) is 4.79 Å². The summed E-state index contributed by atoms with van der Waals surface area (Å²) in [5.41, 5.74) is 5.91. The third kappa shape index (κ3) is 10.6. The number of aryl methyl sites for hydroxylation is 1. The fourth-order valence-electron chi connectivity index (χ4n) is 7.92. The monoisotopic (exact) mass is 787 g/mol. The molecule has 0 radical (unpaired) electrons.